The van der Waals surface area contributed by atoms with Gasteiger partial charge in [0.05, 0.1) is 20.6 Å². The minimum absolute atomic E-state index is 0. The van der Waals surface area contributed by atoms with Gasteiger partial charge in [-0.2, -0.15) is 0 Å². The van der Waals surface area contributed by atoms with Gasteiger partial charge in [-0.15, -0.1) is 0 Å². The number of hydrogen-bond donors (Lipinski definition) is 2. The fourth-order valence-electron chi connectivity index (χ4n) is 2.26. The third-order valence-electron chi connectivity index (χ3n) is 3.68. The number of ether oxygens (including phenoxy) is 2. The van der Waals surface area contributed by atoms with Crippen LogP contribution < -0.4 is 9.47 Å². The Morgan fingerprint density at radius 2 is 1.21 bits per heavy atom. The van der Waals surface area contributed by atoms with Crippen LogP contribution in [0.2, 0.25) is 0 Å². The second-order valence-electron chi connectivity index (χ2n) is 5.64. The molecule has 0 atom stereocenters. The molecule has 0 aliphatic rings. The van der Waals surface area contributed by atoms with Crippen molar-refractivity contribution in [2.24, 2.45) is 0 Å². The molecule has 0 aliphatic heterocycles. The van der Waals surface area contributed by atoms with Gasteiger partial charge in [0, 0.05) is 45.5 Å². The van der Waals surface area contributed by atoms with E-state index in [9.17, 15) is 19.8 Å². The van der Waals surface area contributed by atoms with E-state index in [0.29, 0.717) is 22.6 Å². The fourth-order valence-corrected chi connectivity index (χ4v) is 2.26. The number of benzene rings is 2. The Bertz CT molecular complexity index is 828. The van der Waals surface area contributed by atoms with E-state index in [1.807, 2.05) is 0 Å². The van der Waals surface area contributed by atoms with Crippen LogP contribution in [0.5, 0.6) is 23.0 Å². The van der Waals surface area contributed by atoms with Crippen molar-refractivity contribution in [2.45, 2.75) is 6.42 Å². The smallest absolute Gasteiger partial charge is 0.163 e. The Morgan fingerprint density at radius 1 is 0.821 bits per heavy atom. The van der Waals surface area contributed by atoms with Gasteiger partial charge >= 0.3 is 0 Å². The molecule has 0 saturated carbocycles. The Kier molecular flexibility index (Phi) is 10.0. The second kappa shape index (κ2) is 11.7. The van der Waals surface area contributed by atoms with Crippen LogP contribution in [0, 0.1) is 0 Å². The molecular weight excluding hydrogens is 436 g/mol. The van der Waals surface area contributed by atoms with E-state index in [4.69, 9.17) is 9.47 Å². The van der Waals surface area contributed by atoms with Crippen LogP contribution in [0.4, 0.5) is 0 Å². The number of phenols is 2. The van der Waals surface area contributed by atoms with Gasteiger partial charge < -0.3 is 19.7 Å². The van der Waals surface area contributed by atoms with Crippen molar-refractivity contribution in [3.05, 3.63) is 59.7 Å². The SMILES string of the molecule is COc1cc(/C=C/C(=O)CC(=O)/C=C/c2ccc(O)c(OC)c2)ccc1O.[Sr]. The van der Waals surface area contributed by atoms with Gasteiger partial charge in [-0.1, -0.05) is 24.3 Å². The van der Waals surface area contributed by atoms with Crippen molar-refractivity contribution in [3.8, 4) is 23.0 Å². The van der Waals surface area contributed by atoms with E-state index >= 15 is 0 Å². The average Bonchev–Trinajstić information content (AvgIpc) is 2.66. The van der Waals surface area contributed by atoms with Crippen LogP contribution in [-0.4, -0.2) is 81.5 Å². The number of rotatable bonds is 8. The first-order valence-corrected chi connectivity index (χ1v) is 8.08. The summed E-state index contributed by atoms with van der Waals surface area (Å²) in [6, 6.07) is 9.34. The van der Waals surface area contributed by atoms with Crippen molar-refractivity contribution in [2.75, 3.05) is 14.2 Å². The van der Waals surface area contributed by atoms with Gasteiger partial charge in [0.25, 0.3) is 0 Å². The summed E-state index contributed by atoms with van der Waals surface area (Å²) in [4.78, 5) is 23.9. The van der Waals surface area contributed by atoms with E-state index in [-0.39, 0.29) is 75.0 Å². The van der Waals surface area contributed by atoms with Crippen LogP contribution in [0.1, 0.15) is 17.5 Å². The van der Waals surface area contributed by atoms with Crippen LogP contribution in [-0.2, 0) is 9.59 Å². The Morgan fingerprint density at radius 3 is 1.57 bits per heavy atom. The number of phenolic OH excluding ortho intramolecular Hbond substituents is 2. The Hall–Kier alpha value is -2.06. The topological polar surface area (TPSA) is 93.1 Å². The van der Waals surface area contributed by atoms with E-state index in [0.717, 1.165) is 0 Å². The van der Waals surface area contributed by atoms with Gasteiger partial charge in [-0.3, -0.25) is 9.59 Å². The molecule has 0 aliphatic carbocycles. The van der Waals surface area contributed by atoms with Gasteiger partial charge in [-0.25, -0.2) is 0 Å². The van der Waals surface area contributed by atoms with Crippen molar-refractivity contribution >= 4 is 69.2 Å². The quantitative estimate of drug-likeness (QED) is 0.361. The first-order chi connectivity index (χ1) is 12.9. The van der Waals surface area contributed by atoms with Crippen LogP contribution in [0.15, 0.2) is 48.6 Å². The molecule has 6 nitrogen and oxygen atoms in total. The van der Waals surface area contributed by atoms with Crippen molar-refractivity contribution in [3.63, 3.8) is 0 Å². The Labute approximate surface area is 200 Å². The number of carbonyl (C=O) groups is 2. The summed E-state index contributed by atoms with van der Waals surface area (Å²) >= 11 is 0. The molecule has 2 radical (unpaired) electrons. The molecule has 2 rings (SSSR count). The molecule has 2 aromatic carbocycles. The van der Waals surface area contributed by atoms with Crippen LogP contribution in [0.25, 0.3) is 12.2 Å². The normalized spacial score (nSPS) is 10.6. The fraction of sp³-hybridized carbons (Fsp3) is 0.143. The van der Waals surface area contributed by atoms with Gasteiger partial charge in [0.2, 0.25) is 0 Å². The predicted octanol–water partition coefficient (Wildman–Crippen LogP) is 2.99. The summed E-state index contributed by atoms with van der Waals surface area (Å²) in [6.07, 6.45) is 5.44. The first-order valence-electron chi connectivity index (χ1n) is 8.08. The number of ketones is 2. The van der Waals surface area contributed by atoms with Crippen molar-refractivity contribution < 1.29 is 29.3 Å². The molecule has 28 heavy (non-hydrogen) atoms. The molecule has 0 fully saturated rings. The standard InChI is InChI=1S/C21H20O6.Sr/c1-26-20-11-14(5-9-18(20)24)3-7-16(22)13-17(23)8-4-15-6-10-19(25)21(12-15)27-2;/h3-12,24-25H,13H2,1-2H3;/b7-3+,8-4+;. The number of carbonyl (C=O) groups excluding carboxylic acids is 2. The summed E-state index contributed by atoms with van der Waals surface area (Å²) in [7, 11) is 2.87. The van der Waals surface area contributed by atoms with Gasteiger partial charge in [0.15, 0.2) is 34.6 Å². The monoisotopic (exact) mass is 456 g/mol. The molecule has 2 aromatic rings. The summed E-state index contributed by atoms with van der Waals surface area (Å²) in [5, 5.41) is 19.1. The molecule has 0 aromatic heterocycles. The predicted molar refractivity (Wildman–Crippen MR) is 108 cm³/mol. The average molecular weight is 456 g/mol. The minimum Gasteiger partial charge on any atom is -0.504 e. The van der Waals surface area contributed by atoms with Crippen LogP contribution in [0.3, 0.4) is 0 Å². The minimum atomic E-state index is -0.347. The maximum Gasteiger partial charge on any atom is 0.163 e. The first kappa shape index (κ1) is 24.0. The Balaban J connectivity index is 0.00000392. The molecule has 0 unspecified atom stereocenters. The maximum absolute atomic E-state index is 11.9. The van der Waals surface area contributed by atoms with Crippen LogP contribution >= 0.6 is 0 Å². The molecular formula is C21H20O6Sr. The van der Waals surface area contributed by atoms with Gasteiger partial charge in [0.1, 0.15) is 0 Å². The third-order valence-corrected chi connectivity index (χ3v) is 3.68. The van der Waals surface area contributed by atoms with Crippen molar-refractivity contribution in [1.82, 2.24) is 0 Å². The third kappa shape index (κ3) is 7.16. The number of hydrogen-bond acceptors (Lipinski definition) is 6. The summed E-state index contributed by atoms with van der Waals surface area (Å²) in [5.74, 6) is -0.0832. The zero-order valence-electron chi connectivity index (χ0n) is 15.7. The van der Waals surface area contributed by atoms with E-state index in [1.54, 1.807) is 36.4 Å². The molecule has 0 spiro atoms. The number of allylic oxidation sites excluding steroid dienone is 2. The molecule has 2 N–H and O–H groups in total. The number of methoxy groups -OCH3 is 2. The summed E-state index contributed by atoms with van der Waals surface area (Å²) in [5.41, 5.74) is 1.33. The number of aromatic hydroxyl groups is 2. The molecule has 0 saturated heterocycles. The molecule has 0 bridgehead atoms. The van der Waals surface area contributed by atoms with Crippen molar-refractivity contribution in [1.29, 1.82) is 0 Å². The molecule has 0 heterocycles. The summed E-state index contributed by atoms with van der Waals surface area (Å²) < 4.78 is 10.00. The molecule has 7 heteroatoms. The van der Waals surface area contributed by atoms with E-state index in [2.05, 4.69) is 0 Å². The zero-order chi connectivity index (χ0) is 19.8. The largest absolute Gasteiger partial charge is 0.504 e. The molecule has 142 valence electrons. The maximum atomic E-state index is 11.9. The summed E-state index contributed by atoms with van der Waals surface area (Å²) in [6.45, 7) is 0. The van der Waals surface area contributed by atoms with Gasteiger partial charge in [-0.05, 0) is 47.5 Å². The molecule has 0 amide bonds. The van der Waals surface area contributed by atoms with E-state index < -0.39 is 0 Å². The zero-order valence-corrected chi connectivity index (χ0v) is 19.2. The second-order valence-corrected chi connectivity index (χ2v) is 5.64. The van der Waals surface area contributed by atoms with E-state index in [1.165, 1.54) is 38.5 Å².